The second kappa shape index (κ2) is 8.60. The van der Waals surface area contributed by atoms with Crippen LogP contribution in [0.1, 0.15) is 37.7 Å². The summed E-state index contributed by atoms with van der Waals surface area (Å²) in [6.45, 7) is 3.30. The monoisotopic (exact) mass is 387 g/mol. The molecule has 1 aromatic carbocycles. The van der Waals surface area contributed by atoms with Crippen molar-refractivity contribution in [3.8, 4) is 0 Å². The maximum Gasteiger partial charge on any atom is 0.234 e. The predicted molar refractivity (Wildman–Crippen MR) is 105 cm³/mol. The van der Waals surface area contributed by atoms with E-state index in [1.165, 1.54) is 31.4 Å². The van der Waals surface area contributed by atoms with Gasteiger partial charge in [0.2, 0.25) is 11.8 Å². The molecule has 28 heavy (non-hydrogen) atoms. The molecule has 5 nitrogen and oxygen atoms in total. The van der Waals surface area contributed by atoms with Crippen molar-refractivity contribution in [2.24, 2.45) is 11.8 Å². The van der Waals surface area contributed by atoms with E-state index in [0.29, 0.717) is 37.9 Å². The maximum atomic E-state index is 12.9. The Morgan fingerprint density at radius 1 is 1.11 bits per heavy atom. The zero-order valence-electron chi connectivity index (χ0n) is 16.4. The summed E-state index contributed by atoms with van der Waals surface area (Å²) in [7, 11) is 0. The van der Waals surface area contributed by atoms with Crippen molar-refractivity contribution < 1.29 is 14.0 Å². The van der Waals surface area contributed by atoms with Crippen LogP contribution in [0.4, 0.5) is 4.39 Å². The van der Waals surface area contributed by atoms with Crippen molar-refractivity contribution >= 4 is 11.8 Å². The Morgan fingerprint density at radius 2 is 1.89 bits per heavy atom. The fraction of sp³-hybridized carbons (Fsp3) is 0.636. The van der Waals surface area contributed by atoms with Gasteiger partial charge in [0.25, 0.3) is 0 Å². The van der Waals surface area contributed by atoms with Crippen molar-refractivity contribution in [1.29, 1.82) is 0 Å². The molecule has 0 spiro atoms. The average molecular weight is 387 g/mol. The molecule has 6 heteroatoms. The van der Waals surface area contributed by atoms with Crippen LogP contribution in [0.2, 0.25) is 0 Å². The number of hydrogen-bond donors (Lipinski definition) is 1. The van der Waals surface area contributed by atoms with E-state index < -0.39 is 0 Å². The summed E-state index contributed by atoms with van der Waals surface area (Å²) in [5, 5.41) is 2.96. The van der Waals surface area contributed by atoms with Crippen LogP contribution < -0.4 is 5.32 Å². The highest BCUT2D eigenvalue weighted by Gasteiger charge is 2.41. The van der Waals surface area contributed by atoms with Crippen LogP contribution in [0.3, 0.4) is 0 Å². The fourth-order valence-electron chi connectivity index (χ4n) is 4.71. The first-order chi connectivity index (χ1) is 13.6. The summed E-state index contributed by atoms with van der Waals surface area (Å²) in [5.41, 5.74) is 1.01. The molecule has 1 aliphatic carbocycles. The van der Waals surface area contributed by atoms with Gasteiger partial charge in [-0.2, -0.15) is 0 Å². The molecule has 2 amide bonds. The van der Waals surface area contributed by atoms with E-state index in [-0.39, 0.29) is 23.7 Å². The number of nitrogens with one attached hydrogen (secondary N) is 1. The van der Waals surface area contributed by atoms with Crippen LogP contribution in [-0.2, 0) is 16.0 Å². The van der Waals surface area contributed by atoms with Gasteiger partial charge >= 0.3 is 0 Å². The molecule has 4 aliphatic rings. The Morgan fingerprint density at radius 3 is 2.61 bits per heavy atom. The number of fused-ring (bicyclic) bond motifs is 4. The van der Waals surface area contributed by atoms with Crippen LogP contribution in [-0.4, -0.2) is 60.4 Å². The Labute approximate surface area is 166 Å². The first-order valence-electron chi connectivity index (χ1n) is 10.6. The molecule has 3 aliphatic heterocycles. The lowest BCUT2D eigenvalue weighted by atomic mass is 9.83. The molecule has 0 unspecified atom stereocenters. The summed E-state index contributed by atoms with van der Waals surface area (Å²) in [6.07, 6.45) is 6.50. The fourth-order valence-corrected chi connectivity index (χ4v) is 4.71. The van der Waals surface area contributed by atoms with Crippen LogP contribution in [0.5, 0.6) is 0 Å². The lowest BCUT2D eigenvalue weighted by Gasteiger charge is -2.40. The topological polar surface area (TPSA) is 52.7 Å². The van der Waals surface area contributed by atoms with Gasteiger partial charge in [-0.15, -0.1) is 0 Å². The Kier molecular flexibility index (Phi) is 5.95. The van der Waals surface area contributed by atoms with Crippen molar-refractivity contribution in [2.45, 2.75) is 44.6 Å². The van der Waals surface area contributed by atoms with Gasteiger partial charge in [0.15, 0.2) is 0 Å². The highest BCUT2D eigenvalue weighted by molar-refractivity contribution is 5.81. The number of carbonyl (C=O) groups excluding carboxylic acids is 2. The van der Waals surface area contributed by atoms with Gasteiger partial charge in [-0.1, -0.05) is 18.6 Å². The second-order valence-electron chi connectivity index (χ2n) is 8.64. The van der Waals surface area contributed by atoms with Crippen molar-refractivity contribution in [3.63, 3.8) is 0 Å². The molecule has 4 fully saturated rings. The summed E-state index contributed by atoms with van der Waals surface area (Å²) >= 11 is 0. The van der Waals surface area contributed by atoms with Crippen LogP contribution in [0.25, 0.3) is 0 Å². The zero-order chi connectivity index (χ0) is 19.5. The van der Waals surface area contributed by atoms with Crippen molar-refractivity contribution in [3.05, 3.63) is 35.6 Å². The maximum absolute atomic E-state index is 12.9. The summed E-state index contributed by atoms with van der Waals surface area (Å²) in [4.78, 5) is 29.5. The van der Waals surface area contributed by atoms with E-state index in [2.05, 4.69) is 15.1 Å². The van der Waals surface area contributed by atoms with Crippen LogP contribution >= 0.6 is 0 Å². The Hall–Kier alpha value is -1.95. The van der Waals surface area contributed by atoms with Gasteiger partial charge in [0.05, 0.1) is 12.5 Å². The van der Waals surface area contributed by atoms with E-state index >= 15 is 0 Å². The van der Waals surface area contributed by atoms with E-state index in [9.17, 15) is 14.0 Å². The molecule has 1 aromatic rings. The van der Waals surface area contributed by atoms with Gasteiger partial charge in [-0.25, -0.2) is 4.39 Å². The molecule has 3 heterocycles. The Balaban J connectivity index is 1.26. The molecule has 3 saturated heterocycles. The molecular formula is C22H30FN3O2. The van der Waals surface area contributed by atoms with Crippen molar-refractivity contribution in [1.82, 2.24) is 15.1 Å². The normalized spacial score (nSPS) is 25.5. The molecule has 1 saturated carbocycles. The lowest BCUT2D eigenvalue weighted by molar-refractivity contribution is -0.141. The minimum atomic E-state index is -0.246. The summed E-state index contributed by atoms with van der Waals surface area (Å²) < 4.78 is 12.9. The number of nitrogens with zero attached hydrogens (tertiary/aromatic N) is 2. The van der Waals surface area contributed by atoms with Gasteiger partial charge in [-0.3, -0.25) is 14.5 Å². The molecular weight excluding hydrogens is 357 g/mol. The number of benzene rings is 1. The molecule has 0 radical (unpaired) electrons. The molecule has 2 bridgehead atoms. The SMILES string of the molecule is O=C(CN1C[C@H]2CC[C@@H](C1)N(CC1CCC1)C2=O)NCCc1ccc(F)cc1. The second-order valence-corrected chi connectivity index (χ2v) is 8.64. The highest BCUT2D eigenvalue weighted by Crippen LogP contribution is 2.33. The van der Waals surface area contributed by atoms with Gasteiger partial charge < -0.3 is 10.2 Å². The molecule has 1 N–H and O–H groups in total. The van der Waals surface area contributed by atoms with Crippen LogP contribution in [0.15, 0.2) is 24.3 Å². The quantitative estimate of drug-likeness (QED) is 0.781. The first kappa shape index (κ1) is 19.4. The predicted octanol–water partition coefficient (Wildman–Crippen LogP) is 2.21. The third kappa shape index (κ3) is 4.54. The third-order valence-corrected chi connectivity index (χ3v) is 6.56. The number of hydrogen-bond acceptors (Lipinski definition) is 3. The number of carbonyl (C=O) groups is 2. The van der Waals surface area contributed by atoms with Crippen LogP contribution in [0, 0.1) is 17.7 Å². The van der Waals surface area contributed by atoms with E-state index in [4.69, 9.17) is 0 Å². The third-order valence-electron chi connectivity index (χ3n) is 6.56. The van der Waals surface area contributed by atoms with Gasteiger partial charge in [0, 0.05) is 32.2 Å². The standard InChI is InChI=1S/C22H30FN3O2/c23-19-7-4-16(5-8-19)10-11-24-21(27)15-25-13-18-6-9-20(14-25)26(22(18)28)12-17-2-1-3-17/h4-5,7-8,17-18,20H,1-3,6,9-15H2,(H,24,27)/t18-,20+/m1/s1. The average Bonchev–Trinajstić information content (AvgIpc) is 2.90. The Bertz CT molecular complexity index is 704. The minimum Gasteiger partial charge on any atom is -0.355 e. The van der Waals surface area contributed by atoms with E-state index in [1.807, 2.05) is 0 Å². The van der Waals surface area contributed by atoms with E-state index in [1.54, 1.807) is 12.1 Å². The summed E-state index contributed by atoms with van der Waals surface area (Å²) in [5.74, 6) is 0.797. The largest absolute Gasteiger partial charge is 0.355 e. The summed E-state index contributed by atoms with van der Waals surface area (Å²) in [6, 6.07) is 6.64. The molecule has 152 valence electrons. The first-order valence-corrected chi connectivity index (χ1v) is 10.6. The molecule has 0 aromatic heterocycles. The lowest BCUT2D eigenvalue weighted by Crippen LogP contribution is -2.50. The zero-order valence-corrected chi connectivity index (χ0v) is 16.4. The van der Waals surface area contributed by atoms with E-state index in [0.717, 1.165) is 31.5 Å². The van der Waals surface area contributed by atoms with Gasteiger partial charge in [-0.05, 0) is 55.7 Å². The molecule has 5 rings (SSSR count). The number of piperidine rings is 1. The smallest absolute Gasteiger partial charge is 0.234 e. The molecule has 2 atom stereocenters. The minimum absolute atomic E-state index is 0.00130. The number of halogens is 1. The van der Waals surface area contributed by atoms with Crippen molar-refractivity contribution in [2.75, 3.05) is 32.7 Å². The highest BCUT2D eigenvalue weighted by atomic mass is 19.1. The number of rotatable bonds is 7. The van der Waals surface area contributed by atoms with Gasteiger partial charge in [0.1, 0.15) is 5.82 Å². The number of amides is 2.